The molecule has 0 unspecified atom stereocenters. The van der Waals surface area contributed by atoms with Crippen LogP contribution in [0.3, 0.4) is 0 Å². The summed E-state index contributed by atoms with van der Waals surface area (Å²) in [6, 6.07) is 14.9. The average molecular weight is 518 g/mol. The molecule has 0 fully saturated rings. The van der Waals surface area contributed by atoms with Gasteiger partial charge in [0.2, 0.25) is 0 Å². The summed E-state index contributed by atoms with van der Waals surface area (Å²) in [5.41, 5.74) is 4.82. The van der Waals surface area contributed by atoms with E-state index in [-0.39, 0.29) is 24.7 Å². The van der Waals surface area contributed by atoms with Crippen molar-refractivity contribution in [3.8, 4) is 11.5 Å². The van der Waals surface area contributed by atoms with Gasteiger partial charge in [0.15, 0.2) is 5.78 Å². The molecule has 0 amide bonds. The van der Waals surface area contributed by atoms with Crippen molar-refractivity contribution in [3.05, 3.63) is 107 Å². The Kier molecular flexibility index (Phi) is 9.93. The number of hydrogen-bond donors (Lipinski definition) is 2. The molecule has 1 heterocycles. The van der Waals surface area contributed by atoms with Crippen LogP contribution in [-0.4, -0.2) is 37.7 Å². The smallest absolute Gasteiger partial charge is 0.336 e. The zero-order chi connectivity index (χ0) is 27.7. The first kappa shape index (κ1) is 28.3. The topological polar surface area (TPSA) is 94.1 Å². The number of ether oxygens (including phenoxy) is 3. The fraction of sp³-hybridized carbons (Fsp3) is 0.290. The first-order chi connectivity index (χ1) is 18.3. The van der Waals surface area contributed by atoms with E-state index in [1.807, 2.05) is 50.2 Å². The predicted molar refractivity (Wildman–Crippen MR) is 147 cm³/mol. The van der Waals surface area contributed by atoms with Crippen LogP contribution in [0.4, 0.5) is 0 Å². The number of Topliss-reactive ketones (excluding diaryl/α,β-unsaturated/α-hetero) is 1. The van der Waals surface area contributed by atoms with Crippen LogP contribution in [0, 0.1) is 6.92 Å². The molecule has 0 spiro atoms. The molecule has 2 aliphatic rings. The molecule has 0 saturated heterocycles. The Bertz CT molecular complexity index is 1270. The van der Waals surface area contributed by atoms with Gasteiger partial charge >= 0.3 is 5.97 Å². The Morgan fingerprint density at radius 1 is 1.13 bits per heavy atom. The van der Waals surface area contributed by atoms with E-state index >= 15 is 0 Å². The van der Waals surface area contributed by atoms with Crippen LogP contribution in [0.15, 0.2) is 95.6 Å². The number of allylic oxidation sites excluding steroid dienone is 5. The third-order valence-corrected chi connectivity index (χ3v) is 6.47. The van der Waals surface area contributed by atoms with E-state index in [2.05, 4.69) is 11.9 Å². The molecule has 2 aromatic rings. The van der Waals surface area contributed by atoms with Crippen LogP contribution in [0.25, 0.3) is 0 Å². The summed E-state index contributed by atoms with van der Waals surface area (Å²) >= 11 is 0. The Labute approximate surface area is 224 Å². The van der Waals surface area contributed by atoms with E-state index in [1.165, 1.54) is 7.11 Å². The number of aryl methyl sites for hydroxylation is 1. The van der Waals surface area contributed by atoms with Gasteiger partial charge in [-0.15, -0.1) is 0 Å². The van der Waals surface area contributed by atoms with Gasteiger partial charge in [0.25, 0.3) is 0 Å². The number of aromatic hydroxyl groups is 1. The lowest BCUT2D eigenvalue weighted by Crippen LogP contribution is -2.31. The van der Waals surface area contributed by atoms with Crippen molar-refractivity contribution in [1.29, 1.82) is 0 Å². The van der Waals surface area contributed by atoms with E-state index in [1.54, 1.807) is 31.4 Å². The molecule has 7 heteroatoms. The van der Waals surface area contributed by atoms with Crippen LogP contribution in [0.1, 0.15) is 43.2 Å². The van der Waals surface area contributed by atoms with Gasteiger partial charge in [-0.3, -0.25) is 4.79 Å². The number of phenolic OH excluding ortho intramolecular Hbond substituents is 1. The average Bonchev–Trinajstić information content (AvgIpc) is 2.90. The molecule has 1 aliphatic heterocycles. The summed E-state index contributed by atoms with van der Waals surface area (Å²) in [7, 11) is 3.14. The third-order valence-electron chi connectivity index (χ3n) is 6.47. The van der Waals surface area contributed by atoms with Crippen molar-refractivity contribution < 1.29 is 28.9 Å². The quantitative estimate of drug-likeness (QED) is 0.280. The molecular weight excluding hydrogens is 482 g/mol. The fourth-order valence-corrected chi connectivity index (χ4v) is 4.51. The maximum absolute atomic E-state index is 12.9. The molecule has 0 bridgehead atoms. The Morgan fingerprint density at radius 2 is 1.89 bits per heavy atom. The number of dihydropyridines is 1. The second kappa shape index (κ2) is 13.3. The van der Waals surface area contributed by atoms with Gasteiger partial charge in [-0.25, -0.2) is 4.79 Å². The number of para-hydroxylation sites is 1. The summed E-state index contributed by atoms with van der Waals surface area (Å²) in [5, 5.41) is 12.1. The maximum atomic E-state index is 12.9. The number of ketones is 1. The number of methoxy groups -OCH3 is 2. The summed E-state index contributed by atoms with van der Waals surface area (Å²) in [5.74, 6) is 1.24. The number of benzene rings is 2. The molecule has 2 aromatic carbocycles. The first-order valence-electron chi connectivity index (χ1n) is 12.4. The lowest BCUT2D eigenvalue weighted by molar-refractivity contribution is -0.139. The molecule has 1 aliphatic carbocycles. The molecular formula is C31H35NO6. The van der Waals surface area contributed by atoms with E-state index in [4.69, 9.17) is 19.3 Å². The van der Waals surface area contributed by atoms with Crippen molar-refractivity contribution in [2.75, 3.05) is 20.8 Å². The van der Waals surface area contributed by atoms with Gasteiger partial charge in [0.05, 0.1) is 19.8 Å². The number of rotatable bonds is 7. The summed E-state index contributed by atoms with van der Waals surface area (Å²) in [6.07, 6.45) is 4.55. The predicted octanol–water partition coefficient (Wildman–Crippen LogP) is 5.62. The molecule has 7 nitrogen and oxygen atoms in total. The highest BCUT2D eigenvalue weighted by Crippen LogP contribution is 2.41. The normalized spacial score (nSPS) is 17.0. The largest absolute Gasteiger partial charge is 0.508 e. The second-order valence-corrected chi connectivity index (χ2v) is 9.12. The fourth-order valence-electron chi connectivity index (χ4n) is 4.51. The van der Waals surface area contributed by atoms with Crippen molar-refractivity contribution >= 4 is 11.8 Å². The van der Waals surface area contributed by atoms with Crippen LogP contribution in [-0.2, 0) is 19.1 Å². The summed E-state index contributed by atoms with van der Waals surface area (Å²) in [4.78, 5) is 25.5. The molecule has 38 heavy (non-hydrogen) atoms. The Hall–Kier alpha value is -4.26. The highest BCUT2D eigenvalue weighted by molar-refractivity contribution is 6.01. The van der Waals surface area contributed by atoms with Crippen molar-refractivity contribution in [2.24, 2.45) is 0 Å². The molecule has 200 valence electrons. The maximum Gasteiger partial charge on any atom is 0.336 e. The zero-order valence-electron chi connectivity index (χ0n) is 22.4. The number of carbonyl (C=O) groups excluding carboxylic acids is 2. The van der Waals surface area contributed by atoms with E-state index in [0.717, 1.165) is 22.6 Å². The van der Waals surface area contributed by atoms with E-state index < -0.39 is 5.97 Å². The minimum absolute atomic E-state index is 0.00780. The molecule has 0 aromatic heterocycles. The number of hydrogen-bond acceptors (Lipinski definition) is 7. The van der Waals surface area contributed by atoms with Crippen LogP contribution >= 0.6 is 0 Å². The second-order valence-electron chi connectivity index (χ2n) is 9.12. The molecule has 0 saturated carbocycles. The molecule has 0 radical (unpaired) electrons. The Morgan fingerprint density at radius 3 is 2.53 bits per heavy atom. The van der Waals surface area contributed by atoms with Crippen molar-refractivity contribution in [2.45, 2.75) is 39.0 Å². The van der Waals surface area contributed by atoms with E-state index in [0.29, 0.717) is 41.2 Å². The number of esters is 1. The number of nitrogens with one attached hydrogen (secondary N) is 1. The zero-order valence-corrected chi connectivity index (χ0v) is 22.4. The summed E-state index contributed by atoms with van der Waals surface area (Å²) in [6.45, 7) is 7.38. The van der Waals surface area contributed by atoms with Gasteiger partial charge in [0.1, 0.15) is 23.9 Å². The van der Waals surface area contributed by atoms with Crippen LogP contribution < -0.4 is 10.1 Å². The molecule has 1 atom stereocenters. The molecule has 4 rings (SSSR count). The van der Waals surface area contributed by atoms with Gasteiger partial charge in [-0.05, 0) is 55.7 Å². The lowest BCUT2D eigenvalue weighted by atomic mass is 9.78. The number of phenols is 1. The number of carbonyl (C=O) groups is 2. The Balaban J connectivity index is 0.000000427. The van der Waals surface area contributed by atoms with Crippen LogP contribution in [0.2, 0.25) is 0 Å². The molecule has 2 N–H and O–H groups in total. The monoisotopic (exact) mass is 517 g/mol. The standard InChI is InChI=1S/C24H27NO5.C7H8O/c1-5-8-17(28-3)14-30-24(27)19-13-20-21(25-15(19)2)11-16(12-22(20)26)18-9-6-7-10-23(18)29-4;1-6-3-2-4-7(8)5-6/h5-10,16,25H,1,11-14H2,2-4H3;2-5,8H,1H3/b17-8-;/t16-;/m1./s1. The first-order valence-corrected chi connectivity index (χ1v) is 12.4. The minimum Gasteiger partial charge on any atom is -0.508 e. The van der Waals surface area contributed by atoms with Gasteiger partial charge < -0.3 is 24.6 Å². The third kappa shape index (κ3) is 7.16. The summed E-state index contributed by atoms with van der Waals surface area (Å²) < 4.78 is 16.0. The van der Waals surface area contributed by atoms with Gasteiger partial charge in [0, 0.05) is 35.7 Å². The van der Waals surface area contributed by atoms with E-state index in [9.17, 15) is 9.59 Å². The highest BCUT2D eigenvalue weighted by atomic mass is 16.6. The highest BCUT2D eigenvalue weighted by Gasteiger charge is 2.34. The van der Waals surface area contributed by atoms with Gasteiger partial charge in [-0.2, -0.15) is 0 Å². The van der Waals surface area contributed by atoms with Crippen molar-refractivity contribution in [3.63, 3.8) is 0 Å². The van der Waals surface area contributed by atoms with Gasteiger partial charge in [-0.1, -0.05) is 43.0 Å². The van der Waals surface area contributed by atoms with Crippen LogP contribution in [0.5, 0.6) is 11.5 Å². The van der Waals surface area contributed by atoms with Crippen molar-refractivity contribution in [1.82, 2.24) is 5.32 Å². The SMILES string of the molecule is C=C/C=C(/COC(=O)C1=C(C)NC2=C(C1)C(=O)C[C@H](c1ccccc1OC)C2)OC.Cc1cccc(O)c1. The lowest BCUT2D eigenvalue weighted by Gasteiger charge is -2.32. The minimum atomic E-state index is -0.460.